The minimum absolute atomic E-state index is 0.0340. The Balaban J connectivity index is 1.54. The van der Waals surface area contributed by atoms with Crippen molar-refractivity contribution in [1.82, 2.24) is 10.3 Å². The first-order valence-electron chi connectivity index (χ1n) is 8.76. The van der Waals surface area contributed by atoms with Gasteiger partial charge in [0.05, 0.1) is 10.6 Å². The molecule has 8 heteroatoms. The molecule has 1 aromatic carbocycles. The van der Waals surface area contributed by atoms with Gasteiger partial charge in [0.2, 0.25) is 5.91 Å². The molecule has 1 aromatic heterocycles. The Labute approximate surface area is 158 Å². The Bertz CT molecular complexity index is 854. The second-order valence-corrected chi connectivity index (χ2v) is 9.15. The zero-order valence-electron chi connectivity index (χ0n) is 14.7. The molecule has 140 valence electrons. The standard InChI is InChI=1S/C18H23N3O3S2/c1-13-6-9-16(10-7-13)26(23,24)21-18-20-15(12-25-18)8-11-17(22)19-14-4-2-3-5-14/h6-7,9-10,12,14H,2-5,8,11H2,1H3,(H,19,22)(H,20,21). The highest BCUT2D eigenvalue weighted by Gasteiger charge is 2.18. The summed E-state index contributed by atoms with van der Waals surface area (Å²) in [5, 5.41) is 5.15. The van der Waals surface area contributed by atoms with E-state index in [1.165, 1.54) is 24.2 Å². The van der Waals surface area contributed by atoms with E-state index in [0.29, 0.717) is 24.0 Å². The van der Waals surface area contributed by atoms with Gasteiger partial charge in [-0.15, -0.1) is 11.3 Å². The average Bonchev–Trinajstić information content (AvgIpc) is 3.25. The fraction of sp³-hybridized carbons (Fsp3) is 0.444. The number of benzene rings is 1. The van der Waals surface area contributed by atoms with Crippen LogP contribution in [0.15, 0.2) is 34.5 Å². The summed E-state index contributed by atoms with van der Waals surface area (Å²) < 4.78 is 27.2. The third-order valence-corrected chi connectivity index (χ3v) is 6.72. The summed E-state index contributed by atoms with van der Waals surface area (Å²) in [4.78, 5) is 16.5. The topological polar surface area (TPSA) is 88.2 Å². The number of hydrogen-bond acceptors (Lipinski definition) is 5. The number of hydrogen-bond donors (Lipinski definition) is 2. The molecule has 3 rings (SSSR count). The molecule has 0 saturated heterocycles. The van der Waals surface area contributed by atoms with Crippen molar-refractivity contribution in [3.05, 3.63) is 40.9 Å². The fourth-order valence-electron chi connectivity index (χ4n) is 2.97. The molecule has 1 fully saturated rings. The van der Waals surface area contributed by atoms with Crippen LogP contribution >= 0.6 is 11.3 Å². The number of aryl methyl sites for hydroxylation is 2. The number of rotatable bonds is 7. The maximum atomic E-state index is 12.4. The molecule has 0 unspecified atom stereocenters. The summed E-state index contributed by atoms with van der Waals surface area (Å²) in [5.41, 5.74) is 1.72. The van der Waals surface area contributed by atoms with Crippen molar-refractivity contribution in [2.45, 2.75) is 56.4 Å². The van der Waals surface area contributed by atoms with Gasteiger partial charge in [-0.2, -0.15) is 0 Å². The third-order valence-electron chi connectivity index (χ3n) is 4.43. The van der Waals surface area contributed by atoms with Crippen LogP contribution in [-0.4, -0.2) is 25.4 Å². The van der Waals surface area contributed by atoms with E-state index in [4.69, 9.17) is 0 Å². The molecular weight excluding hydrogens is 370 g/mol. The molecule has 1 saturated carbocycles. The van der Waals surface area contributed by atoms with E-state index in [1.54, 1.807) is 29.6 Å². The first-order valence-corrected chi connectivity index (χ1v) is 11.1. The molecule has 0 atom stereocenters. The van der Waals surface area contributed by atoms with Crippen LogP contribution in [0.25, 0.3) is 0 Å². The Morgan fingerprint density at radius 1 is 1.23 bits per heavy atom. The first-order chi connectivity index (χ1) is 12.4. The highest BCUT2D eigenvalue weighted by atomic mass is 32.2. The zero-order valence-corrected chi connectivity index (χ0v) is 16.3. The Kier molecular flexibility index (Phi) is 5.93. The lowest BCUT2D eigenvalue weighted by Crippen LogP contribution is -2.32. The van der Waals surface area contributed by atoms with Crippen molar-refractivity contribution >= 4 is 32.4 Å². The SMILES string of the molecule is Cc1ccc(S(=O)(=O)Nc2nc(CCC(=O)NC3CCCC3)cs2)cc1. The van der Waals surface area contributed by atoms with Crippen molar-refractivity contribution in [1.29, 1.82) is 0 Å². The van der Waals surface area contributed by atoms with Crippen molar-refractivity contribution in [2.75, 3.05) is 4.72 Å². The van der Waals surface area contributed by atoms with Gasteiger partial charge in [0.25, 0.3) is 10.0 Å². The highest BCUT2D eigenvalue weighted by Crippen LogP contribution is 2.21. The van der Waals surface area contributed by atoms with E-state index < -0.39 is 10.0 Å². The van der Waals surface area contributed by atoms with E-state index >= 15 is 0 Å². The molecule has 0 radical (unpaired) electrons. The number of aromatic nitrogens is 1. The maximum Gasteiger partial charge on any atom is 0.263 e. The van der Waals surface area contributed by atoms with Gasteiger partial charge in [0.1, 0.15) is 0 Å². The lowest BCUT2D eigenvalue weighted by atomic mass is 10.2. The number of nitrogens with zero attached hydrogens (tertiary/aromatic N) is 1. The quantitative estimate of drug-likeness (QED) is 0.756. The maximum absolute atomic E-state index is 12.4. The smallest absolute Gasteiger partial charge is 0.263 e. The average molecular weight is 394 g/mol. The van der Waals surface area contributed by atoms with Crippen LogP contribution in [0.4, 0.5) is 5.13 Å². The molecule has 0 bridgehead atoms. The summed E-state index contributed by atoms with van der Waals surface area (Å²) in [6.45, 7) is 1.90. The van der Waals surface area contributed by atoms with Gasteiger partial charge in [-0.3, -0.25) is 9.52 Å². The van der Waals surface area contributed by atoms with E-state index in [1.807, 2.05) is 6.92 Å². The number of nitrogens with one attached hydrogen (secondary N) is 2. The lowest BCUT2D eigenvalue weighted by molar-refractivity contribution is -0.121. The van der Waals surface area contributed by atoms with Crippen LogP contribution in [0, 0.1) is 6.92 Å². The Hall–Kier alpha value is -1.93. The van der Waals surface area contributed by atoms with Gasteiger partial charge in [-0.05, 0) is 38.3 Å². The van der Waals surface area contributed by atoms with Crippen LogP contribution in [0.5, 0.6) is 0 Å². The first kappa shape index (κ1) is 18.8. The van der Waals surface area contributed by atoms with Crippen LogP contribution in [0.3, 0.4) is 0 Å². The van der Waals surface area contributed by atoms with Gasteiger partial charge in [0.15, 0.2) is 5.13 Å². The molecule has 1 aliphatic rings. The van der Waals surface area contributed by atoms with Crippen LogP contribution < -0.4 is 10.0 Å². The summed E-state index contributed by atoms with van der Waals surface area (Å²) in [6.07, 6.45) is 5.36. The van der Waals surface area contributed by atoms with E-state index in [-0.39, 0.29) is 10.8 Å². The predicted octanol–water partition coefficient (Wildman–Crippen LogP) is 3.24. The van der Waals surface area contributed by atoms with Crippen molar-refractivity contribution < 1.29 is 13.2 Å². The summed E-state index contributed by atoms with van der Waals surface area (Å²) in [7, 11) is -3.65. The van der Waals surface area contributed by atoms with Gasteiger partial charge < -0.3 is 5.32 Å². The van der Waals surface area contributed by atoms with E-state index in [2.05, 4.69) is 15.0 Å². The lowest BCUT2D eigenvalue weighted by Gasteiger charge is -2.11. The monoisotopic (exact) mass is 393 g/mol. The number of sulfonamides is 1. The second-order valence-electron chi connectivity index (χ2n) is 6.61. The minimum atomic E-state index is -3.65. The predicted molar refractivity (Wildman–Crippen MR) is 103 cm³/mol. The van der Waals surface area contributed by atoms with Gasteiger partial charge in [0, 0.05) is 17.8 Å². The van der Waals surface area contributed by atoms with Crippen molar-refractivity contribution in [2.24, 2.45) is 0 Å². The summed E-state index contributed by atoms with van der Waals surface area (Å²) in [6, 6.07) is 6.96. The number of amides is 1. The number of carbonyl (C=O) groups excluding carboxylic acids is 1. The van der Waals surface area contributed by atoms with Gasteiger partial charge in [-0.1, -0.05) is 30.5 Å². The highest BCUT2D eigenvalue weighted by molar-refractivity contribution is 7.93. The summed E-state index contributed by atoms with van der Waals surface area (Å²) >= 11 is 1.23. The third kappa shape index (κ3) is 5.04. The molecule has 1 aliphatic carbocycles. The van der Waals surface area contributed by atoms with E-state index in [9.17, 15) is 13.2 Å². The number of anilines is 1. The molecule has 6 nitrogen and oxygen atoms in total. The van der Waals surface area contributed by atoms with Crippen molar-refractivity contribution in [3.8, 4) is 0 Å². The van der Waals surface area contributed by atoms with Crippen molar-refractivity contribution in [3.63, 3.8) is 0 Å². The van der Waals surface area contributed by atoms with Crippen LogP contribution in [0.2, 0.25) is 0 Å². The van der Waals surface area contributed by atoms with E-state index in [0.717, 1.165) is 24.1 Å². The molecule has 2 aromatic rings. The fourth-order valence-corrected chi connectivity index (χ4v) is 4.97. The van der Waals surface area contributed by atoms with Gasteiger partial charge in [-0.25, -0.2) is 13.4 Å². The molecule has 0 spiro atoms. The number of thiazole rings is 1. The second kappa shape index (κ2) is 8.18. The van der Waals surface area contributed by atoms with Crippen LogP contribution in [0.1, 0.15) is 43.4 Å². The molecule has 1 amide bonds. The van der Waals surface area contributed by atoms with Gasteiger partial charge >= 0.3 is 0 Å². The largest absolute Gasteiger partial charge is 0.353 e. The van der Waals surface area contributed by atoms with Crippen LogP contribution in [-0.2, 0) is 21.2 Å². The number of carbonyl (C=O) groups is 1. The molecule has 2 N–H and O–H groups in total. The minimum Gasteiger partial charge on any atom is -0.353 e. The molecular formula is C18H23N3O3S2. The Morgan fingerprint density at radius 2 is 1.92 bits per heavy atom. The molecule has 1 heterocycles. The Morgan fingerprint density at radius 3 is 2.62 bits per heavy atom. The zero-order chi connectivity index (χ0) is 18.6. The molecule has 0 aliphatic heterocycles. The summed E-state index contributed by atoms with van der Waals surface area (Å²) in [5.74, 6) is 0.0340. The molecule has 26 heavy (non-hydrogen) atoms. The normalized spacial score (nSPS) is 15.1.